The smallest absolute Gasteiger partial charge is 0.124 e. The summed E-state index contributed by atoms with van der Waals surface area (Å²) in [4.78, 5) is 0. The summed E-state index contributed by atoms with van der Waals surface area (Å²) in [6.07, 6.45) is 2.42. The highest BCUT2D eigenvalue weighted by Gasteiger charge is 2.32. The molecule has 0 radical (unpaired) electrons. The molecule has 0 amide bonds. The molecule has 3 nitrogen and oxygen atoms in total. The number of aliphatic hydroxyl groups is 1. The van der Waals surface area contributed by atoms with Gasteiger partial charge in [0.1, 0.15) is 17.1 Å². The molecule has 3 heteroatoms. The summed E-state index contributed by atoms with van der Waals surface area (Å²) in [6.45, 7) is 5.98. The SMILES string of the molecule is Cc1cc2c(c(C)c1O)CCC(C)(CCO)O2. The van der Waals surface area contributed by atoms with Gasteiger partial charge in [0.05, 0.1) is 0 Å². The van der Waals surface area contributed by atoms with Crippen molar-refractivity contribution in [2.45, 2.75) is 45.6 Å². The van der Waals surface area contributed by atoms with Crippen LogP contribution in [0, 0.1) is 13.8 Å². The van der Waals surface area contributed by atoms with E-state index >= 15 is 0 Å². The maximum Gasteiger partial charge on any atom is 0.124 e. The van der Waals surface area contributed by atoms with Gasteiger partial charge < -0.3 is 14.9 Å². The van der Waals surface area contributed by atoms with Crippen molar-refractivity contribution in [3.8, 4) is 11.5 Å². The van der Waals surface area contributed by atoms with Crippen LogP contribution < -0.4 is 4.74 Å². The first-order valence-electron chi connectivity index (χ1n) is 6.09. The first kappa shape index (κ1) is 12.2. The Kier molecular flexibility index (Phi) is 3.04. The van der Waals surface area contributed by atoms with E-state index in [2.05, 4.69) is 0 Å². The summed E-state index contributed by atoms with van der Waals surface area (Å²) < 4.78 is 6.01. The molecule has 0 aromatic heterocycles. The molecule has 2 rings (SSSR count). The summed E-state index contributed by atoms with van der Waals surface area (Å²) >= 11 is 0. The van der Waals surface area contributed by atoms with E-state index in [4.69, 9.17) is 9.84 Å². The van der Waals surface area contributed by atoms with E-state index in [-0.39, 0.29) is 12.2 Å². The fourth-order valence-electron chi connectivity index (χ4n) is 2.50. The summed E-state index contributed by atoms with van der Waals surface area (Å²) in [5, 5.41) is 19.0. The maximum atomic E-state index is 9.90. The van der Waals surface area contributed by atoms with E-state index in [1.165, 1.54) is 0 Å². The van der Waals surface area contributed by atoms with Crippen LogP contribution in [0.15, 0.2) is 6.07 Å². The van der Waals surface area contributed by atoms with Gasteiger partial charge in [-0.15, -0.1) is 0 Å². The van der Waals surface area contributed by atoms with Gasteiger partial charge in [-0.1, -0.05) is 0 Å². The Hall–Kier alpha value is -1.22. The van der Waals surface area contributed by atoms with Gasteiger partial charge in [0.2, 0.25) is 0 Å². The molecule has 94 valence electrons. The van der Waals surface area contributed by atoms with Gasteiger partial charge in [-0.3, -0.25) is 0 Å². The molecule has 0 fully saturated rings. The third-order valence-corrected chi connectivity index (χ3v) is 3.73. The average molecular weight is 236 g/mol. The molecule has 0 bridgehead atoms. The highest BCUT2D eigenvalue weighted by atomic mass is 16.5. The van der Waals surface area contributed by atoms with Crippen LogP contribution in [0.3, 0.4) is 0 Å². The quantitative estimate of drug-likeness (QED) is 0.829. The van der Waals surface area contributed by atoms with Crippen molar-refractivity contribution in [2.24, 2.45) is 0 Å². The van der Waals surface area contributed by atoms with Crippen LogP contribution in [0.4, 0.5) is 0 Å². The number of rotatable bonds is 2. The normalized spacial score (nSPS) is 23.1. The third-order valence-electron chi connectivity index (χ3n) is 3.73. The average Bonchev–Trinajstić information content (AvgIpc) is 2.26. The molecule has 1 unspecified atom stereocenters. The van der Waals surface area contributed by atoms with Crippen LogP contribution in [0.1, 0.15) is 36.5 Å². The van der Waals surface area contributed by atoms with Crippen molar-refractivity contribution >= 4 is 0 Å². The molecular weight excluding hydrogens is 216 g/mol. The minimum Gasteiger partial charge on any atom is -0.507 e. The zero-order valence-electron chi connectivity index (χ0n) is 10.7. The highest BCUT2D eigenvalue weighted by Crippen LogP contribution is 2.40. The topological polar surface area (TPSA) is 49.7 Å². The molecule has 1 aliphatic rings. The molecular formula is C14H20O3. The Morgan fingerprint density at radius 1 is 1.41 bits per heavy atom. The molecule has 0 aliphatic carbocycles. The van der Waals surface area contributed by atoms with Gasteiger partial charge in [-0.25, -0.2) is 0 Å². The predicted octanol–water partition coefficient (Wildman–Crippen LogP) is 2.48. The van der Waals surface area contributed by atoms with Crippen molar-refractivity contribution < 1.29 is 14.9 Å². The number of hydrogen-bond donors (Lipinski definition) is 2. The van der Waals surface area contributed by atoms with Gasteiger partial charge >= 0.3 is 0 Å². The van der Waals surface area contributed by atoms with Crippen LogP contribution in [-0.4, -0.2) is 22.4 Å². The van der Waals surface area contributed by atoms with E-state index < -0.39 is 0 Å². The number of fused-ring (bicyclic) bond motifs is 1. The fourth-order valence-corrected chi connectivity index (χ4v) is 2.50. The van der Waals surface area contributed by atoms with Crippen LogP contribution in [0.5, 0.6) is 11.5 Å². The van der Waals surface area contributed by atoms with E-state index in [0.717, 1.165) is 35.3 Å². The zero-order valence-corrected chi connectivity index (χ0v) is 10.7. The number of aryl methyl sites for hydroxylation is 1. The number of phenols is 1. The van der Waals surface area contributed by atoms with Gasteiger partial charge in [-0.05, 0) is 50.8 Å². The molecule has 2 N–H and O–H groups in total. The van der Waals surface area contributed by atoms with Crippen LogP contribution in [-0.2, 0) is 6.42 Å². The first-order valence-corrected chi connectivity index (χ1v) is 6.09. The molecule has 1 aliphatic heterocycles. The molecule has 0 spiro atoms. The lowest BCUT2D eigenvalue weighted by Crippen LogP contribution is -2.37. The third kappa shape index (κ3) is 2.12. The molecule has 0 saturated carbocycles. The van der Waals surface area contributed by atoms with Crippen molar-refractivity contribution in [3.63, 3.8) is 0 Å². The number of phenolic OH excluding ortho intramolecular Hbond substituents is 1. The lowest BCUT2D eigenvalue weighted by Gasteiger charge is -2.36. The Morgan fingerprint density at radius 2 is 2.12 bits per heavy atom. The highest BCUT2D eigenvalue weighted by molar-refractivity contribution is 5.53. The molecule has 1 heterocycles. The molecule has 1 aromatic rings. The van der Waals surface area contributed by atoms with Gasteiger partial charge in [0.25, 0.3) is 0 Å². The predicted molar refractivity (Wildman–Crippen MR) is 66.6 cm³/mol. The maximum absolute atomic E-state index is 9.90. The van der Waals surface area contributed by atoms with E-state index in [1.54, 1.807) is 0 Å². The monoisotopic (exact) mass is 236 g/mol. The molecule has 1 atom stereocenters. The first-order chi connectivity index (χ1) is 7.97. The number of ether oxygens (including phenoxy) is 1. The second-order valence-electron chi connectivity index (χ2n) is 5.17. The summed E-state index contributed by atoms with van der Waals surface area (Å²) in [5.74, 6) is 1.23. The van der Waals surface area contributed by atoms with Crippen molar-refractivity contribution in [1.82, 2.24) is 0 Å². The molecule has 0 saturated heterocycles. The second-order valence-corrected chi connectivity index (χ2v) is 5.17. The van der Waals surface area contributed by atoms with Crippen LogP contribution >= 0.6 is 0 Å². The lowest BCUT2D eigenvalue weighted by molar-refractivity contribution is 0.0385. The minimum atomic E-state index is -0.280. The summed E-state index contributed by atoms with van der Waals surface area (Å²) in [7, 11) is 0. The van der Waals surface area contributed by atoms with E-state index in [1.807, 2.05) is 26.8 Å². The number of benzene rings is 1. The Bertz CT molecular complexity index is 440. The van der Waals surface area contributed by atoms with Gasteiger partial charge in [0, 0.05) is 18.6 Å². The van der Waals surface area contributed by atoms with Gasteiger partial charge in [-0.2, -0.15) is 0 Å². The minimum absolute atomic E-state index is 0.141. The van der Waals surface area contributed by atoms with Crippen LogP contribution in [0.25, 0.3) is 0 Å². The summed E-state index contributed by atoms with van der Waals surface area (Å²) in [5.41, 5.74) is 2.58. The summed E-state index contributed by atoms with van der Waals surface area (Å²) in [6, 6.07) is 1.90. The number of aliphatic hydroxyl groups excluding tert-OH is 1. The second kappa shape index (κ2) is 4.22. The van der Waals surface area contributed by atoms with E-state index in [9.17, 15) is 5.11 Å². The zero-order chi connectivity index (χ0) is 12.6. The molecule has 17 heavy (non-hydrogen) atoms. The number of aromatic hydroxyl groups is 1. The Balaban J connectivity index is 2.39. The van der Waals surface area contributed by atoms with Crippen LogP contribution in [0.2, 0.25) is 0 Å². The van der Waals surface area contributed by atoms with Crippen molar-refractivity contribution in [3.05, 3.63) is 22.8 Å². The van der Waals surface area contributed by atoms with E-state index in [0.29, 0.717) is 12.2 Å². The molecule has 1 aromatic carbocycles. The lowest BCUT2D eigenvalue weighted by atomic mass is 9.87. The van der Waals surface area contributed by atoms with Crippen molar-refractivity contribution in [1.29, 1.82) is 0 Å². The van der Waals surface area contributed by atoms with Gasteiger partial charge in [0.15, 0.2) is 0 Å². The van der Waals surface area contributed by atoms with Crippen molar-refractivity contribution in [2.75, 3.05) is 6.61 Å². The standard InChI is InChI=1S/C14H20O3/c1-9-8-12-11(10(2)13(9)16)4-5-14(3,17-12)6-7-15/h8,15-16H,4-7H2,1-3H3. The largest absolute Gasteiger partial charge is 0.507 e. The fraction of sp³-hybridized carbons (Fsp3) is 0.571. The Labute approximate surface area is 102 Å². The Morgan fingerprint density at radius 3 is 2.76 bits per heavy atom. The number of hydrogen-bond acceptors (Lipinski definition) is 3.